The molecular weight excluding hydrogens is 1250 g/mol. The molecule has 0 aliphatic carbocycles. The van der Waals surface area contributed by atoms with Gasteiger partial charge in [0, 0.05) is 83.2 Å². The van der Waals surface area contributed by atoms with Crippen molar-refractivity contribution in [2.45, 2.75) is 153 Å². The summed E-state index contributed by atoms with van der Waals surface area (Å²) in [7, 11) is -7.98. The van der Waals surface area contributed by atoms with Gasteiger partial charge in [0.25, 0.3) is 0 Å². The minimum absolute atomic E-state index is 0.0372. The lowest BCUT2D eigenvalue weighted by molar-refractivity contribution is -0.122. The number of benzene rings is 4. The zero-order chi connectivity index (χ0) is 68.6. The van der Waals surface area contributed by atoms with E-state index in [0.29, 0.717) is 5.56 Å². The lowest BCUT2D eigenvalue weighted by Crippen LogP contribution is -2.64. The van der Waals surface area contributed by atoms with Crippen LogP contribution in [0.1, 0.15) is 88.8 Å². The van der Waals surface area contributed by atoms with Gasteiger partial charge in [0.1, 0.15) is 40.9 Å². The number of aliphatic hydroxyl groups excluding tert-OH is 3. The number of sulfonamides is 2. The summed E-state index contributed by atoms with van der Waals surface area (Å²) < 4.78 is 102. The molecule has 0 saturated carbocycles. The number of amides is 4. The van der Waals surface area contributed by atoms with Crippen LogP contribution in [-0.2, 0) is 65.2 Å². The molecule has 0 unspecified atom stereocenters. The van der Waals surface area contributed by atoms with Crippen LogP contribution in [0.5, 0.6) is 11.5 Å². The number of carbonyl (C=O) groups is 4. The van der Waals surface area contributed by atoms with Crippen LogP contribution >= 0.6 is 0 Å². The van der Waals surface area contributed by atoms with E-state index in [1.807, 2.05) is 0 Å². The van der Waals surface area contributed by atoms with Crippen LogP contribution in [0.3, 0.4) is 0 Å². The number of rotatable bonds is 18. The minimum atomic E-state index is -4.00. The molecule has 2 saturated heterocycles. The number of hydrogen-bond acceptors (Lipinski definition) is 19. The molecule has 8 rings (SSSR count). The van der Waals surface area contributed by atoms with Gasteiger partial charge in [-0.1, -0.05) is 24.3 Å². The summed E-state index contributed by atoms with van der Waals surface area (Å²) in [6.07, 6.45) is 1.49. The smallest absolute Gasteiger partial charge is 0.410 e. The zero-order valence-corrected chi connectivity index (χ0v) is 55.1. The number of piperazine rings is 2. The molecule has 6 N–H and O–H groups in total. The van der Waals surface area contributed by atoms with Crippen molar-refractivity contribution in [2.24, 2.45) is 0 Å². The number of aromatic hydroxyl groups is 1. The Bertz CT molecular complexity index is 3720. The molecule has 6 aromatic rings. The molecule has 0 bridgehead atoms. The number of ether oxygens (including phenoxy) is 3. The van der Waals surface area contributed by atoms with Gasteiger partial charge in [0.15, 0.2) is 0 Å². The summed E-state index contributed by atoms with van der Waals surface area (Å²) in [6, 6.07) is 19.4. The van der Waals surface area contributed by atoms with Crippen LogP contribution in [0.2, 0.25) is 0 Å². The highest BCUT2D eigenvalue weighted by atomic mass is 32.2. The Hall–Kier alpha value is -8.32. The zero-order valence-electron chi connectivity index (χ0n) is 53.5. The molecule has 93 heavy (non-hydrogen) atoms. The summed E-state index contributed by atoms with van der Waals surface area (Å²) in [5.41, 5.74) is 1.98. The summed E-state index contributed by atoms with van der Waals surface area (Å²) in [5, 5.41) is 61.6. The quantitative estimate of drug-likeness (QED) is 0.0597. The van der Waals surface area contributed by atoms with Crippen molar-refractivity contribution in [3.05, 3.63) is 167 Å². The number of carbonyl (C=O) groups excluding carboxylic acids is 4. The first-order chi connectivity index (χ1) is 43.6. The molecule has 2 aliphatic rings. The van der Waals surface area contributed by atoms with E-state index < -0.39 is 103 Å². The highest BCUT2D eigenvalue weighted by Crippen LogP contribution is 2.30. The predicted molar refractivity (Wildman–Crippen MR) is 337 cm³/mol. The standard InChI is InChI=1S/C32H40FN5O7S.C27H36FN3O7S.C5H6N2O/c1-21-7-6-8-27(13-21)46(42,43)37-11-12-38(31(41)45-32(3,4)5)29(19-37)30(40)28(36-22(2)39)16-24-14-25(33)17-26(15-24)44-20-23-9-10-34-35-18-23;1-17-7-6-8-22(11-17)39(36,37)30-9-10-31(26(35)38-27(3,4)5)24(16-30)25(34)23(29-18(2)32)14-19-12-20(28)15-21(33)13-19;8-4-5-1-2-6-7-3-5/h6-10,13-15,17-18,28-30,40H,11-12,16,19-20H2,1-5H3,(H,36,39);6-8,11-13,15,23-25,33-34H,9-10,14,16H2,1-5H3,(H,29,32);1-3,8H,4H2/t28-,29+,30-;23-,24+,25-;/m00./s1. The monoisotopic (exact) mass is 1330 g/mol. The molecule has 4 heterocycles. The van der Waals surface area contributed by atoms with E-state index in [2.05, 4.69) is 31.0 Å². The summed E-state index contributed by atoms with van der Waals surface area (Å²) in [5.74, 6) is -2.39. The maximum Gasteiger partial charge on any atom is 0.410 e. The Kier molecular flexibility index (Phi) is 25.8. The number of halogens is 2. The van der Waals surface area contributed by atoms with Crippen molar-refractivity contribution in [2.75, 3.05) is 39.3 Å². The molecule has 0 radical (unpaired) electrons. The number of hydrogen-bond donors (Lipinski definition) is 6. The van der Waals surface area contributed by atoms with E-state index in [1.165, 1.54) is 87.2 Å². The van der Waals surface area contributed by atoms with Crippen molar-refractivity contribution < 1.29 is 79.4 Å². The SMILES string of the molecule is CC(=O)N[C@@H](Cc1cc(F)cc(OCc2ccnnc2)c1)[C@H](O)[C@H]1CN(S(=O)(=O)c2cccc(C)c2)CCN1C(=O)OC(C)(C)C.CC(=O)N[C@@H](Cc1cc(O)cc(F)c1)[C@H](O)[C@H]1CN(S(=O)(=O)c2cccc(C)c2)CCN1C(=O)OC(C)(C)C.OCc1ccnnc1. The molecule has 25 nitrogen and oxygen atoms in total. The first kappa shape index (κ1) is 73.7. The van der Waals surface area contributed by atoms with Gasteiger partial charge >= 0.3 is 12.2 Å². The second-order valence-corrected chi connectivity index (χ2v) is 28.3. The van der Waals surface area contributed by atoms with Crippen molar-refractivity contribution in [3.8, 4) is 11.5 Å². The predicted octanol–water partition coefficient (Wildman–Crippen LogP) is 5.75. The van der Waals surface area contributed by atoms with E-state index in [9.17, 15) is 60.1 Å². The first-order valence-electron chi connectivity index (χ1n) is 29.7. The molecule has 504 valence electrons. The Morgan fingerprint density at radius 2 is 1.02 bits per heavy atom. The molecule has 2 aliphatic heterocycles. The molecule has 0 spiro atoms. The highest BCUT2D eigenvalue weighted by molar-refractivity contribution is 7.89. The van der Waals surface area contributed by atoms with E-state index in [1.54, 1.807) is 110 Å². The van der Waals surface area contributed by atoms with Crippen molar-refractivity contribution in [1.82, 2.24) is 49.4 Å². The summed E-state index contributed by atoms with van der Waals surface area (Å²) in [4.78, 5) is 53.6. The number of phenolic OH excluding ortho intramolecular Hbond substituents is 1. The topological polar surface area (TPSA) is 334 Å². The third kappa shape index (κ3) is 22.2. The van der Waals surface area contributed by atoms with Gasteiger partial charge in [-0.15, -0.1) is 0 Å². The fraction of sp³-hybridized carbons (Fsp3) is 0.438. The van der Waals surface area contributed by atoms with E-state index in [4.69, 9.17) is 19.3 Å². The Balaban J connectivity index is 0.000000265. The highest BCUT2D eigenvalue weighted by Gasteiger charge is 2.46. The maximum atomic E-state index is 14.7. The average Bonchev–Trinajstić information content (AvgIpc) is 0.787. The molecule has 6 atom stereocenters. The van der Waals surface area contributed by atoms with Gasteiger partial charge in [-0.05, 0) is 157 Å². The average molecular weight is 1330 g/mol. The van der Waals surface area contributed by atoms with E-state index in [0.717, 1.165) is 34.4 Å². The van der Waals surface area contributed by atoms with Gasteiger partial charge in [-0.2, -0.15) is 29.0 Å². The second-order valence-electron chi connectivity index (χ2n) is 24.4. The third-order valence-corrected chi connectivity index (χ3v) is 18.0. The van der Waals surface area contributed by atoms with Crippen molar-refractivity contribution in [1.29, 1.82) is 0 Å². The second kappa shape index (κ2) is 32.5. The third-order valence-electron chi connectivity index (χ3n) is 14.3. The number of phenols is 1. The molecular formula is C64H82F2N10O15S2. The van der Waals surface area contributed by atoms with Crippen LogP contribution in [-0.4, -0.2) is 187 Å². The Morgan fingerprint density at radius 3 is 1.40 bits per heavy atom. The Morgan fingerprint density at radius 1 is 0.591 bits per heavy atom. The lowest BCUT2D eigenvalue weighted by Gasteiger charge is -2.44. The van der Waals surface area contributed by atoms with Crippen LogP contribution in [0, 0.1) is 25.5 Å². The van der Waals surface area contributed by atoms with Crippen LogP contribution in [0.25, 0.3) is 0 Å². The largest absolute Gasteiger partial charge is 0.508 e. The fourth-order valence-electron chi connectivity index (χ4n) is 10.2. The molecule has 2 fully saturated rings. The fourth-order valence-corrected chi connectivity index (χ4v) is 13.3. The Labute approximate surface area is 540 Å². The van der Waals surface area contributed by atoms with E-state index in [-0.39, 0.29) is 92.2 Å². The first-order valence-corrected chi connectivity index (χ1v) is 32.6. The molecule has 2 aromatic heterocycles. The van der Waals surface area contributed by atoms with Crippen LogP contribution in [0.4, 0.5) is 18.4 Å². The van der Waals surface area contributed by atoms with Gasteiger partial charge in [-0.25, -0.2) is 35.2 Å². The van der Waals surface area contributed by atoms with Gasteiger partial charge in [-0.3, -0.25) is 19.4 Å². The normalized spacial score (nSPS) is 17.0. The molecule has 4 amide bonds. The number of nitrogens with one attached hydrogen (secondary N) is 2. The molecule has 29 heteroatoms. The van der Waals surface area contributed by atoms with Gasteiger partial charge < -0.3 is 45.3 Å². The lowest BCUT2D eigenvalue weighted by atomic mass is 9.94. The summed E-state index contributed by atoms with van der Waals surface area (Å²) in [6.45, 7) is 15.6. The molecule has 4 aromatic carbocycles. The van der Waals surface area contributed by atoms with Crippen LogP contribution < -0.4 is 15.4 Å². The maximum absolute atomic E-state index is 14.7. The minimum Gasteiger partial charge on any atom is -0.508 e. The number of aliphatic hydroxyl groups is 3. The number of aromatic nitrogens is 4. The number of aryl methyl sites for hydroxylation is 2. The van der Waals surface area contributed by atoms with Gasteiger partial charge in [0.05, 0.1) is 65.2 Å². The van der Waals surface area contributed by atoms with Crippen molar-refractivity contribution in [3.63, 3.8) is 0 Å². The van der Waals surface area contributed by atoms with Crippen molar-refractivity contribution >= 4 is 44.0 Å². The van der Waals surface area contributed by atoms with E-state index >= 15 is 0 Å². The van der Waals surface area contributed by atoms with Crippen LogP contribution in [0.15, 0.2) is 132 Å². The summed E-state index contributed by atoms with van der Waals surface area (Å²) >= 11 is 0. The van der Waals surface area contributed by atoms with Gasteiger partial charge in [0.2, 0.25) is 31.9 Å². The number of nitrogens with zero attached hydrogens (tertiary/aromatic N) is 8.